The number of fused-ring (bicyclic) bond motifs is 1. The van der Waals surface area contributed by atoms with E-state index in [9.17, 15) is 13.2 Å². The topological polar surface area (TPSA) is 79.4 Å². The van der Waals surface area contributed by atoms with E-state index in [1.807, 2.05) is 25.1 Å². The summed E-state index contributed by atoms with van der Waals surface area (Å²) in [7, 11) is -2.86. The van der Waals surface area contributed by atoms with Crippen LogP contribution in [0.2, 0.25) is 0 Å². The lowest BCUT2D eigenvalue weighted by Gasteiger charge is -2.26. The molecule has 0 aliphatic carbocycles. The lowest BCUT2D eigenvalue weighted by atomic mass is 10.1. The molecule has 0 spiro atoms. The summed E-state index contributed by atoms with van der Waals surface area (Å²) in [5.74, 6) is 0.236. The second-order valence-corrected chi connectivity index (χ2v) is 8.89. The molecule has 1 N–H and O–H groups in total. The Labute approximate surface area is 139 Å². The van der Waals surface area contributed by atoms with Gasteiger partial charge in [-0.1, -0.05) is 11.6 Å². The third-order valence-corrected chi connectivity index (χ3v) is 6.43. The molecule has 1 aliphatic heterocycles. The summed E-state index contributed by atoms with van der Waals surface area (Å²) in [6, 6.07) is 5.96. The second-order valence-electron chi connectivity index (χ2n) is 5.78. The molecule has 1 fully saturated rings. The van der Waals surface area contributed by atoms with Gasteiger partial charge in [-0.3, -0.25) is 9.69 Å². The molecule has 0 saturated carbocycles. The third kappa shape index (κ3) is 3.88. The van der Waals surface area contributed by atoms with Gasteiger partial charge in [-0.25, -0.2) is 8.42 Å². The van der Waals surface area contributed by atoms with Crippen molar-refractivity contribution in [3.63, 3.8) is 0 Å². The van der Waals surface area contributed by atoms with Crippen molar-refractivity contribution in [2.75, 3.05) is 37.7 Å². The number of sulfone groups is 1. The van der Waals surface area contributed by atoms with E-state index in [1.165, 1.54) is 11.5 Å². The molecule has 1 aromatic carbocycles. The van der Waals surface area contributed by atoms with Gasteiger partial charge in [-0.05, 0) is 30.6 Å². The first-order chi connectivity index (χ1) is 10.9. The standard InChI is InChI=1S/C15H19N3O3S2/c1-11-2-3-13-12(10-11)14(17-22-13)15(19)16-4-5-18-6-8-23(20,21)9-7-18/h2-3,10H,4-9H2,1H3,(H,16,19). The van der Waals surface area contributed by atoms with Gasteiger partial charge < -0.3 is 5.32 Å². The van der Waals surface area contributed by atoms with Gasteiger partial charge in [0.05, 0.1) is 16.2 Å². The quantitative estimate of drug-likeness (QED) is 0.889. The predicted molar refractivity (Wildman–Crippen MR) is 91.8 cm³/mol. The van der Waals surface area contributed by atoms with Crippen LogP contribution >= 0.6 is 11.5 Å². The number of aromatic nitrogens is 1. The van der Waals surface area contributed by atoms with E-state index < -0.39 is 9.84 Å². The Balaban J connectivity index is 1.56. The summed E-state index contributed by atoms with van der Waals surface area (Å²) < 4.78 is 28.0. The first-order valence-electron chi connectivity index (χ1n) is 7.52. The molecule has 124 valence electrons. The molecule has 2 heterocycles. The molecule has 8 heteroatoms. The molecule has 6 nitrogen and oxygen atoms in total. The molecule has 1 aliphatic rings. The number of hydrogen-bond acceptors (Lipinski definition) is 6. The van der Waals surface area contributed by atoms with E-state index in [2.05, 4.69) is 14.6 Å². The van der Waals surface area contributed by atoms with Crippen molar-refractivity contribution >= 4 is 37.4 Å². The molecule has 2 aromatic rings. The summed E-state index contributed by atoms with van der Waals surface area (Å²) in [6.45, 7) is 4.21. The number of carbonyl (C=O) groups excluding carboxylic acids is 1. The van der Waals surface area contributed by atoms with Gasteiger partial charge in [0.1, 0.15) is 5.69 Å². The number of hydrogen-bond donors (Lipinski definition) is 1. The van der Waals surface area contributed by atoms with Gasteiger partial charge >= 0.3 is 0 Å². The largest absolute Gasteiger partial charge is 0.349 e. The highest BCUT2D eigenvalue weighted by molar-refractivity contribution is 7.91. The lowest BCUT2D eigenvalue weighted by molar-refractivity contribution is 0.0946. The molecule has 1 amide bonds. The van der Waals surface area contributed by atoms with Gasteiger partial charge in [0.2, 0.25) is 0 Å². The molecule has 0 radical (unpaired) electrons. The number of rotatable bonds is 4. The van der Waals surface area contributed by atoms with E-state index >= 15 is 0 Å². The van der Waals surface area contributed by atoms with Crippen LogP contribution in [0, 0.1) is 6.92 Å². The lowest BCUT2D eigenvalue weighted by Crippen LogP contribution is -2.43. The number of nitrogens with zero attached hydrogens (tertiary/aromatic N) is 2. The zero-order valence-corrected chi connectivity index (χ0v) is 14.5. The highest BCUT2D eigenvalue weighted by Crippen LogP contribution is 2.23. The zero-order valence-electron chi connectivity index (χ0n) is 12.9. The second kappa shape index (κ2) is 6.54. The Bertz CT molecular complexity index is 816. The summed E-state index contributed by atoms with van der Waals surface area (Å²) in [4.78, 5) is 14.4. The van der Waals surface area contributed by atoms with Gasteiger partial charge in [-0.2, -0.15) is 4.37 Å². The van der Waals surface area contributed by atoms with E-state index in [0.717, 1.165) is 15.6 Å². The average Bonchev–Trinajstić information content (AvgIpc) is 2.92. The Kier molecular flexibility index (Phi) is 4.65. The fourth-order valence-electron chi connectivity index (χ4n) is 2.60. The number of carbonyl (C=O) groups is 1. The Morgan fingerprint density at radius 1 is 1.35 bits per heavy atom. The van der Waals surface area contributed by atoms with Crippen LogP contribution in [-0.2, 0) is 9.84 Å². The van der Waals surface area contributed by atoms with Gasteiger partial charge in [0.15, 0.2) is 9.84 Å². The van der Waals surface area contributed by atoms with E-state index in [4.69, 9.17) is 0 Å². The van der Waals surface area contributed by atoms with Crippen LogP contribution in [-0.4, -0.2) is 61.3 Å². The fraction of sp³-hybridized carbons (Fsp3) is 0.467. The van der Waals surface area contributed by atoms with Crippen LogP contribution in [0.1, 0.15) is 16.1 Å². The van der Waals surface area contributed by atoms with E-state index in [0.29, 0.717) is 31.9 Å². The van der Waals surface area contributed by atoms with Crippen LogP contribution in [0.4, 0.5) is 0 Å². The minimum atomic E-state index is -2.86. The third-order valence-electron chi connectivity index (χ3n) is 3.99. The summed E-state index contributed by atoms with van der Waals surface area (Å²) in [5.41, 5.74) is 1.57. The van der Waals surface area contributed by atoms with Crippen molar-refractivity contribution in [1.82, 2.24) is 14.6 Å². The minimum absolute atomic E-state index is 0.175. The fourth-order valence-corrected chi connectivity index (χ4v) is 4.63. The highest BCUT2D eigenvalue weighted by atomic mass is 32.2. The van der Waals surface area contributed by atoms with Crippen LogP contribution < -0.4 is 5.32 Å². The molecule has 1 saturated heterocycles. The first-order valence-corrected chi connectivity index (χ1v) is 10.1. The first kappa shape index (κ1) is 16.4. The molecular weight excluding hydrogens is 334 g/mol. The number of benzene rings is 1. The van der Waals surface area contributed by atoms with E-state index in [1.54, 1.807) is 0 Å². The number of amides is 1. The van der Waals surface area contributed by atoms with Gasteiger partial charge in [0, 0.05) is 31.6 Å². The Morgan fingerprint density at radius 3 is 2.83 bits per heavy atom. The summed E-state index contributed by atoms with van der Waals surface area (Å²) in [5, 5.41) is 3.76. The van der Waals surface area contributed by atoms with Crippen molar-refractivity contribution < 1.29 is 13.2 Å². The molecule has 0 unspecified atom stereocenters. The van der Waals surface area contributed by atoms with Crippen molar-refractivity contribution in [1.29, 1.82) is 0 Å². The SMILES string of the molecule is Cc1ccc2snc(C(=O)NCCN3CCS(=O)(=O)CC3)c2c1. The van der Waals surface area contributed by atoms with Crippen LogP contribution in [0.25, 0.3) is 10.1 Å². The summed E-state index contributed by atoms with van der Waals surface area (Å²) >= 11 is 1.32. The maximum absolute atomic E-state index is 12.3. The molecule has 1 aromatic heterocycles. The van der Waals surface area contributed by atoms with Crippen LogP contribution in [0.5, 0.6) is 0 Å². The van der Waals surface area contributed by atoms with Crippen molar-refractivity contribution in [3.8, 4) is 0 Å². The maximum atomic E-state index is 12.3. The Hall–Kier alpha value is -1.51. The van der Waals surface area contributed by atoms with Gasteiger partial charge in [0.25, 0.3) is 5.91 Å². The van der Waals surface area contributed by atoms with Crippen molar-refractivity contribution in [2.45, 2.75) is 6.92 Å². The van der Waals surface area contributed by atoms with Crippen molar-refractivity contribution in [3.05, 3.63) is 29.5 Å². The van der Waals surface area contributed by atoms with Gasteiger partial charge in [-0.15, -0.1) is 0 Å². The molecule has 23 heavy (non-hydrogen) atoms. The zero-order chi connectivity index (χ0) is 16.4. The van der Waals surface area contributed by atoms with Crippen molar-refractivity contribution in [2.24, 2.45) is 0 Å². The minimum Gasteiger partial charge on any atom is -0.349 e. The van der Waals surface area contributed by atoms with Crippen LogP contribution in [0.3, 0.4) is 0 Å². The smallest absolute Gasteiger partial charge is 0.271 e. The molecular formula is C15H19N3O3S2. The normalized spacial score (nSPS) is 18.1. The maximum Gasteiger partial charge on any atom is 0.271 e. The van der Waals surface area contributed by atoms with Crippen LogP contribution in [0.15, 0.2) is 18.2 Å². The summed E-state index contributed by atoms with van der Waals surface area (Å²) in [6.07, 6.45) is 0. The average molecular weight is 353 g/mol. The molecule has 0 atom stereocenters. The predicted octanol–water partition coefficient (Wildman–Crippen LogP) is 1.06. The monoisotopic (exact) mass is 353 g/mol. The Morgan fingerprint density at radius 2 is 2.09 bits per heavy atom. The van der Waals surface area contributed by atoms with E-state index in [-0.39, 0.29) is 17.4 Å². The number of nitrogens with one attached hydrogen (secondary N) is 1. The highest BCUT2D eigenvalue weighted by Gasteiger charge is 2.21. The molecule has 0 bridgehead atoms. The number of aryl methyl sites for hydroxylation is 1. The molecule has 3 rings (SSSR count).